The van der Waals surface area contributed by atoms with E-state index < -0.39 is 17.8 Å². The Kier molecular flexibility index (Phi) is 5.14. The Morgan fingerprint density at radius 2 is 1.87 bits per heavy atom. The van der Waals surface area contributed by atoms with Gasteiger partial charge in [-0.1, -0.05) is 11.6 Å². The molecule has 0 bridgehead atoms. The Hall–Kier alpha value is -2.73. The molecule has 4 rings (SSSR count). The van der Waals surface area contributed by atoms with Gasteiger partial charge in [0.25, 0.3) is 5.95 Å². The van der Waals surface area contributed by atoms with E-state index in [1.165, 1.54) is 9.36 Å². The standard InChI is InChI=1S/C17H13BrClF3N8/c1-8(14-26-15(18)28-30(14)16-23-4-3-5-24-16)25-13-10-6-9(17(20,21)22)7-11(19)12(10)29(2)27-13/h3-8H,1-2H3,(H,25,27). The third kappa shape index (κ3) is 3.72. The quantitative estimate of drug-likeness (QED) is 0.441. The van der Waals surface area contributed by atoms with Gasteiger partial charge in [0.1, 0.15) is 0 Å². The highest BCUT2D eigenvalue weighted by molar-refractivity contribution is 9.10. The summed E-state index contributed by atoms with van der Waals surface area (Å²) in [7, 11) is 1.61. The van der Waals surface area contributed by atoms with Gasteiger partial charge in [-0.2, -0.15) is 23.0 Å². The van der Waals surface area contributed by atoms with E-state index in [4.69, 9.17) is 11.6 Å². The minimum Gasteiger partial charge on any atom is -0.358 e. The highest BCUT2D eigenvalue weighted by Gasteiger charge is 2.32. The summed E-state index contributed by atoms with van der Waals surface area (Å²) in [5.74, 6) is 0.963. The van der Waals surface area contributed by atoms with Crippen molar-refractivity contribution in [2.24, 2.45) is 7.05 Å². The van der Waals surface area contributed by atoms with Gasteiger partial charge in [0.2, 0.25) is 4.73 Å². The van der Waals surface area contributed by atoms with E-state index in [0.29, 0.717) is 22.0 Å². The lowest BCUT2D eigenvalue weighted by atomic mass is 10.1. The maximum absolute atomic E-state index is 13.3. The van der Waals surface area contributed by atoms with Crippen LogP contribution in [0.2, 0.25) is 5.02 Å². The number of rotatable bonds is 4. The molecule has 3 heterocycles. The van der Waals surface area contributed by atoms with Crippen molar-refractivity contribution in [1.82, 2.24) is 34.5 Å². The fourth-order valence-corrected chi connectivity index (χ4v) is 3.71. The summed E-state index contributed by atoms with van der Waals surface area (Å²) >= 11 is 9.34. The monoisotopic (exact) mass is 500 g/mol. The van der Waals surface area contributed by atoms with Gasteiger partial charge in [0, 0.05) is 24.8 Å². The van der Waals surface area contributed by atoms with E-state index in [9.17, 15) is 13.2 Å². The van der Waals surface area contributed by atoms with Crippen LogP contribution in [-0.2, 0) is 13.2 Å². The fraction of sp³-hybridized carbons (Fsp3) is 0.235. The Morgan fingerprint density at radius 1 is 1.17 bits per heavy atom. The van der Waals surface area contributed by atoms with Crippen molar-refractivity contribution >= 4 is 44.3 Å². The number of nitrogens with zero attached hydrogens (tertiary/aromatic N) is 7. The zero-order chi connectivity index (χ0) is 21.6. The molecule has 1 N–H and O–H groups in total. The number of fused-ring (bicyclic) bond motifs is 1. The van der Waals surface area contributed by atoms with Crippen LogP contribution < -0.4 is 5.32 Å². The first-order valence-electron chi connectivity index (χ1n) is 8.55. The number of aromatic nitrogens is 7. The van der Waals surface area contributed by atoms with Crippen molar-refractivity contribution in [3.63, 3.8) is 0 Å². The Bertz CT molecular complexity index is 1220. The van der Waals surface area contributed by atoms with Gasteiger partial charge in [-0.25, -0.2) is 15.0 Å². The third-order valence-corrected chi connectivity index (χ3v) is 4.93. The third-order valence-electron chi connectivity index (χ3n) is 4.31. The van der Waals surface area contributed by atoms with Gasteiger partial charge in [0.05, 0.1) is 22.1 Å². The van der Waals surface area contributed by atoms with E-state index in [-0.39, 0.29) is 16.2 Å². The lowest BCUT2D eigenvalue weighted by Crippen LogP contribution is -2.15. The number of anilines is 1. The van der Waals surface area contributed by atoms with E-state index in [2.05, 4.69) is 46.4 Å². The minimum atomic E-state index is -4.54. The van der Waals surface area contributed by atoms with Gasteiger partial charge in [0.15, 0.2) is 11.6 Å². The van der Waals surface area contributed by atoms with Crippen LogP contribution in [0.3, 0.4) is 0 Å². The van der Waals surface area contributed by atoms with Crippen LogP contribution in [0.25, 0.3) is 16.9 Å². The molecule has 0 radical (unpaired) electrons. The molecule has 13 heteroatoms. The van der Waals surface area contributed by atoms with Gasteiger partial charge >= 0.3 is 6.18 Å². The maximum Gasteiger partial charge on any atom is 0.416 e. The number of alkyl halides is 3. The van der Waals surface area contributed by atoms with E-state index >= 15 is 0 Å². The normalized spacial score (nSPS) is 13.0. The predicted octanol–water partition coefficient (Wildman–Crippen LogP) is 4.55. The Balaban J connectivity index is 1.76. The van der Waals surface area contributed by atoms with E-state index in [1.54, 1.807) is 32.4 Å². The second-order valence-electron chi connectivity index (χ2n) is 6.39. The average Bonchev–Trinajstić information content (AvgIpc) is 3.22. The molecule has 0 aliphatic carbocycles. The van der Waals surface area contributed by atoms with Gasteiger partial charge in [-0.15, -0.1) is 5.10 Å². The highest BCUT2D eigenvalue weighted by Crippen LogP contribution is 2.38. The molecule has 8 nitrogen and oxygen atoms in total. The predicted molar refractivity (Wildman–Crippen MR) is 107 cm³/mol. The number of benzene rings is 1. The summed E-state index contributed by atoms with van der Waals surface area (Å²) < 4.78 is 42.9. The Morgan fingerprint density at radius 3 is 2.53 bits per heavy atom. The lowest BCUT2D eigenvalue weighted by molar-refractivity contribution is -0.137. The van der Waals surface area contributed by atoms with Gasteiger partial charge in [-0.05, 0) is 41.1 Å². The lowest BCUT2D eigenvalue weighted by Gasteiger charge is -2.14. The molecule has 0 aliphatic heterocycles. The molecule has 0 fully saturated rings. The second-order valence-corrected chi connectivity index (χ2v) is 7.51. The van der Waals surface area contributed by atoms with Crippen molar-refractivity contribution in [2.75, 3.05) is 5.32 Å². The molecular formula is C17H13BrClF3N8. The van der Waals surface area contributed by atoms with Crippen LogP contribution >= 0.6 is 27.5 Å². The van der Waals surface area contributed by atoms with Crippen LogP contribution in [0, 0.1) is 0 Å². The van der Waals surface area contributed by atoms with Crippen LogP contribution in [0.5, 0.6) is 0 Å². The summed E-state index contributed by atoms with van der Waals surface area (Å²) in [4.78, 5) is 12.6. The molecule has 0 saturated heterocycles. The molecule has 1 aromatic carbocycles. The van der Waals surface area contributed by atoms with Gasteiger partial charge < -0.3 is 5.32 Å². The van der Waals surface area contributed by atoms with Gasteiger partial charge in [-0.3, -0.25) is 4.68 Å². The van der Waals surface area contributed by atoms with Crippen LogP contribution in [0.4, 0.5) is 19.0 Å². The maximum atomic E-state index is 13.3. The number of aryl methyl sites for hydroxylation is 1. The van der Waals surface area contributed by atoms with Crippen molar-refractivity contribution in [3.8, 4) is 5.95 Å². The topological polar surface area (TPSA) is 86.3 Å². The summed E-state index contributed by atoms with van der Waals surface area (Å²) in [6.45, 7) is 1.77. The van der Waals surface area contributed by atoms with Crippen molar-refractivity contribution in [2.45, 2.75) is 19.1 Å². The molecule has 0 spiro atoms. The highest BCUT2D eigenvalue weighted by atomic mass is 79.9. The van der Waals surface area contributed by atoms with Crippen LogP contribution in [0.1, 0.15) is 24.4 Å². The SMILES string of the molecule is CC(Nc1nn(C)c2c(Cl)cc(C(F)(F)F)cc12)c1nc(Br)nn1-c1ncccn1. The fourth-order valence-electron chi connectivity index (χ4n) is 3.03. The summed E-state index contributed by atoms with van der Waals surface area (Å²) in [6.07, 6.45) is -1.41. The smallest absolute Gasteiger partial charge is 0.358 e. The summed E-state index contributed by atoms with van der Waals surface area (Å²) in [5.41, 5.74) is -0.472. The molecule has 0 aliphatic rings. The molecule has 156 valence electrons. The molecule has 3 aromatic heterocycles. The first-order chi connectivity index (χ1) is 14.1. The molecular weight excluding hydrogens is 489 g/mol. The number of hydrogen-bond acceptors (Lipinski definition) is 6. The van der Waals surface area contributed by atoms with Crippen LogP contribution in [0.15, 0.2) is 35.3 Å². The number of halogens is 5. The zero-order valence-corrected chi connectivity index (χ0v) is 17.8. The molecule has 0 amide bonds. The molecule has 4 aromatic rings. The molecule has 0 saturated carbocycles. The molecule has 1 atom stereocenters. The van der Waals surface area contributed by atoms with Crippen LogP contribution in [-0.4, -0.2) is 34.5 Å². The summed E-state index contributed by atoms with van der Waals surface area (Å²) in [6, 6.07) is 3.07. The van der Waals surface area contributed by atoms with Crippen molar-refractivity contribution in [3.05, 3.63) is 51.7 Å². The number of hydrogen-bond donors (Lipinski definition) is 1. The minimum absolute atomic E-state index is 0.0425. The first-order valence-corrected chi connectivity index (χ1v) is 9.72. The van der Waals surface area contributed by atoms with E-state index in [1.807, 2.05) is 0 Å². The first kappa shape index (κ1) is 20.5. The van der Waals surface area contributed by atoms with Crippen molar-refractivity contribution < 1.29 is 13.2 Å². The largest absolute Gasteiger partial charge is 0.416 e. The molecule has 30 heavy (non-hydrogen) atoms. The van der Waals surface area contributed by atoms with Crippen molar-refractivity contribution in [1.29, 1.82) is 0 Å². The molecule has 1 unspecified atom stereocenters. The average molecular weight is 502 g/mol. The summed E-state index contributed by atoms with van der Waals surface area (Å²) in [5, 5.41) is 11.8. The zero-order valence-electron chi connectivity index (χ0n) is 15.5. The second kappa shape index (κ2) is 7.51. The van der Waals surface area contributed by atoms with E-state index in [0.717, 1.165) is 12.1 Å². The Labute approximate surface area is 181 Å². The number of nitrogens with one attached hydrogen (secondary N) is 1.